The Kier molecular flexibility index (Phi) is 8.00. The molecule has 82 valence electrons. The quantitative estimate of drug-likeness (QED) is 0.356. The summed E-state index contributed by atoms with van der Waals surface area (Å²) in [5.74, 6) is 0. The molecule has 0 bridgehead atoms. The van der Waals surface area contributed by atoms with Crippen molar-refractivity contribution in [3.05, 3.63) is 48.7 Å². The summed E-state index contributed by atoms with van der Waals surface area (Å²) in [5, 5.41) is 6.05. The lowest BCUT2D eigenvalue weighted by atomic mass is 10.1. The van der Waals surface area contributed by atoms with Gasteiger partial charge in [-0.2, -0.15) is 0 Å². The first-order valence-corrected chi connectivity index (χ1v) is 4.77. The van der Waals surface area contributed by atoms with Gasteiger partial charge in [-0.05, 0) is 11.6 Å². The molecule has 15 heavy (non-hydrogen) atoms. The molecule has 0 aliphatic heterocycles. The molecule has 0 fully saturated rings. The van der Waals surface area contributed by atoms with Crippen molar-refractivity contribution in [1.82, 2.24) is 10.6 Å². The molecule has 0 saturated carbocycles. The van der Waals surface area contributed by atoms with Crippen molar-refractivity contribution >= 4 is 6.29 Å². The number of allylic oxidation sites excluding steroid dienone is 4. The van der Waals surface area contributed by atoms with E-state index < -0.39 is 0 Å². The lowest BCUT2D eigenvalue weighted by Gasteiger charge is -2.11. The van der Waals surface area contributed by atoms with Crippen LogP contribution in [0.2, 0.25) is 0 Å². The van der Waals surface area contributed by atoms with Crippen molar-refractivity contribution in [2.24, 2.45) is 0 Å². The highest BCUT2D eigenvalue weighted by atomic mass is 16.1. The van der Waals surface area contributed by atoms with Crippen LogP contribution in [-0.4, -0.2) is 26.4 Å². The normalized spacial score (nSPS) is 12.1. The predicted octanol–water partition coefficient (Wildman–Crippen LogP) is 1.18. The van der Waals surface area contributed by atoms with Crippen LogP contribution < -0.4 is 10.6 Å². The molecule has 3 heteroatoms. The fourth-order valence-electron chi connectivity index (χ4n) is 1.12. The minimum atomic E-state index is 0.347. The second-order valence-corrected chi connectivity index (χ2v) is 2.79. The molecular weight excluding hydrogens is 188 g/mol. The Balaban J connectivity index is 4.56. The van der Waals surface area contributed by atoms with Crippen LogP contribution in [-0.2, 0) is 4.79 Å². The number of aldehydes is 1. The third-order valence-corrected chi connectivity index (χ3v) is 1.76. The summed E-state index contributed by atoms with van der Waals surface area (Å²) in [6.07, 6.45) is 8.03. The van der Waals surface area contributed by atoms with E-state index in [0.29, 0.717) is 13.1 Å². The van der Waals surface area contributed by atoms with Crippen LogP contribution in [0, 0.1) is 0 Å². The molecule has 0 spiro atoms. The van der Waals surface area contributed by atoms with Crippen LogP contribution in [0.4, 0.5) is 0 Å². The number of rotatable bonds is 8. The molecule has 0 atom stereocenters. The molecule has 0 radical (unpaired) electrons. The number of hydrogen-bond acceptors (Lipinski definition) is 3. The SMILES string of the molecule is C=C/C=C(CNCC=O)\C(=C/C=C)NC. The summed E-state index contributed by atoms with van der Waals surface area (Å²) in [4.78, 5) is 10.2. The summed E-state index contributed by atoms with van der Waals surface area (Å²) in [6.45, 7) is 8.26. The van der Waals surface area contributed by atoms with Gasteiger partial charge in [0.1, 0.15) is 6.29 Å². The van der Waals surface area contributed by atoms with Crippen LogP contribution >= 0.6 is 0 Å². The molecular formula is C12H18N2O. The minimum Gasteiger partial charge on any atom is -0.388 e. The minimum absolute atomic E-state index is 0.347. The Bertz CT molecular complexity index is 277. The maximum Gasteiger partial charge on any atom is 0.133 e. The maximum absolute atomic E-state index is 10.2. The van der Waals surface area contributed by atoms with Gasteiger partial charge in [-0.3, -0.25) is 0 Å². The predicted molar refractivity (Wildman–Crippen MR) is 64.6 cm³/mol. The van der Waals surface area contributed by atoms with Gasteiger partial charge in [0, 0.05) is 19.3 Å². The topological polar surface area (TPSA) is 41.1 Å². The average molecular weight is 206 g/mol. The highest BCUT2D eigenvalue weighted by Crippen LogP contribution is 2.05. The van der Waals surface area contributed by atoms with Gasteiger partial charge in [0.25, 0.3) is 0 Å². The van der Waals surface area contributed by atoms with Crippen LogP contribution in [0.5, 0.6) is 0 Å². The van der Waals surface area contributed by atoms with E-state index in [9.17, 15) is 4.79 Å². The molecule has 0 rings (SSSR count). The molecule has 0 aromatic carbocycles. The van der Waals surface area contributed by atoms with Gasteiger partial charge in [0.05, 0.1) is 6.54 Å². The second kappa shape index (κ2) is 8.97. The third kappa shape index (κ3) is 5.65. The van der Waals surface area contributed by atoms with E-state index >= 15 is 0 Å². The zero-order valence-corrected chi connectivity index (χ0v) is 9.12. The van der Waals surface area contributed by atoms with E-state index in [0.717, 1.165) is 17.6 Å². The van der Waals surface area contributed by atoms with E-state index in [1.54, 1.807) is 12.2 Å². The fourth-order valence-corrected chi connectivity index (χ4v) is 1.12. The molecule has 0 heterocycles. The first kappa shape index (κ1) is 13.4. The van der Waals surface area contributed by atoms with E-state index in [2.05, 4.69) is 23.8 Å². The zero-order valence-electron chi connectivity index (χ0n) is 9.12. The average Bonchev–Trinajstić information content (AvgIpc) is 2.25. The van der Waals surface area contributed by atoms with Crippen molar-refractivity contribution in [2.45, 2.75) is 0 Å². The smallest absolute Gasteiger partial charge is 0.133 e. The standard InChI is InChI=1S/C12H18N2O/c1-4-6-11(10-14-8-9-15)12(13-3)7-5-2/h4-7,9,13-14H,1-2,8,10H2,3H3/b11-6-,12-7+. The first-order valence-electron chi connectivity index (χ1n) is 4.77. The van der Waals surface area contributed by atoms with Gasteiger partial charge in [-0.15, -0.1) is 0 Å². The molecule has 3 nitrogen and oxygen atoms in total. The van der Waals surface area contributed by atoms with Crippen molar-refractivity contribution in [1.29, 1.82) is 0 Å². The molecule has 0 aliphatic carbocycles. The second-order valence-electron chi connectivity index (χ2n) is 2.79. The van der Waals surface area contributed by atoms with Crippen LogP contribution in [0.15, 0.2) is 48.7 Å². The summed E-state index contributed by atoms with van der Waals surface area (Å²) in [7, 11) is 1.84. The molecule has 0 aromatic heterocycles. The molecule has 0 amide bonds. The molecule has 0 unspecified atom stereocenters. The molecule has 0 saturated heterocycles. The summed E-state index contributed by atoms with van der Waals surface area (Å²) in [6, 6.07) is 0. The third-order valence-electron chi connectivity index (χ3n) is 1.76. The lowest BCUT2D eigenvalue weighted by molar-refractivity contribution is -0.107. The van der Waals surface area contributed by atoms with Crippen molar-refractivity contribution in [2.75, 3.05) is 20.1 Å². The Morgan fingerprint density at radius 3 is 2.40 bits per heavy atom. The Labute approximate surface area is 91.3 Å². The molecule has 2 N–H and O–H groups in total. The van der Waals surface area contributed by atoms with Gasteiger partial charge < -0.3 is 15.4 Å². The highest BCUT2D eigenvalue weighted by molar-refractivity contribution is 5.52. The molecule has 0 aliphatic rings. The number of carbonyl (C=O) groups is 1. The van der Waals surface area contributed by atoms with E-state index in [1.165, 1.54) is 0 Å². The van der Waals surface area contributed by atoms with Crippen LogP contribution in [0.3, 0.4) is 0 Å². The molecule has 0 aromatic rings. The zero-order chi connectivity index (χ0) is 11.5. The largest absolute Gasteiger partial charge is 0.388 e. The summed E-state index contributed by atoms with van der Waals surface area (Å²) in [5.41, 5.74) is 2.00. The number of likely N-dealkylation sites (N-methyl/N-ethyl adjacent to an activating group) is 1. The first-order chi connectivity index (χ1) is 7.29. The number of carbonyl (C=O) groups excluding carboxylic acids is 1. The fraction of sp³-hybridized carbons (Fsp3) is 0.250. The van der Waals surface area contributed by atoms with Gasteiger partial charge >= 0.3 is 0 Å². The van der Waals surface area contributed by atoms with Crippen molar-refractivity contribution in [3.8, 4) is 0 Å². The lowest BCUT2D eigenvalue weighted by Crippen LogP contribution is -2.22. The van der Waals surface area contributed by atoms with Gasteiger partial charge in [0.15, 0.2) is 0 Å². The van der Waals surface area contributed by atoms with E-state index in [4.69, 9.17) is 0 Å². The Hall–Kier alpha value is -1.61. The highest BCUT2D eigenvalue weighted by Gasteiger charge is 2.00. The monoisotopic (exact) mass is 206 g/mol. The van der Waals surface area contributed by atoms with Crippen LogP contribution in [0.1, 0.15) is 0 Å². The summed E-state index contributed by atoms with van der Waals surface area (Å²) >= 11 is 0. The Morgan fingerprint density at radius 2 is 1.93 bits per heavy atom. The number of hydrogen-bond donors (Lipinski definition) is 2. The van der Waals surface area contributed by atoms with Crippen molar-refractivity contribution < 1.29 is 4.79 Å². The summed E-state index contributed by atoms with van der Waals surface area (Å²) < 4.78 is 0. The van der Waals surface area contributed by atoms with Gasteiger partial charge in [-0.1, -0.05) is 31.4 Å². The van der Waals surface area contributed by atoms with E-state index in [-0.39, 0.29) is 0 Å². The number of nitrogens with one attached hydrogen (secondary N) is 2. The van der Waals surface area contributed by atoms with Crippen molar-refractivity contribution in [3.63, 3.8) is 0 Å². The van der Waals surface area contributed by atoms with Crippen LogP contribution in [0.25, 0.3) is 0 Å². The Morgan fingerprint density at radius 1 is 1.27 bits per heavy atom. The van der Waals surface area contributed by atoms with Gasteiger partial charge in [0.2, 0.25) is 0 Å². The van der Waals surface area contributed by atoms with Gasteiger partial charge in [-0.25, -0.2) is 0 Å². The van der Waals surface area contributed by atoms with E-state index in [1.807, 2.05) is 19.2 Å². The maximum atomic E-state index is 10.2.